The van der Waals surface area contributed by atoms with Gasteiger partial charge in [-0.2, -0.15) is 0 Å². The molecule has 98 valence electrons. The minimum Gasteiger partial charge on any atom is -0.393 e. The highest BCUT2D eigenvalue weighted by molar-refractivity contribution is 4.69. The van der Waals surface area contributed by atoms with Gasteiger partial charge in [0, 0.05) is 6.04 Å². The maximum atomic E-state index is 9.41. The maximum Gasteiger partial charge on any atom is 0.0527 e. The van der Waals surface area contributed by atoms with Gasteiger partial charge >= 0.3 is 0 Å². The van der Waals surface area contributed by atoms with Crippen molar-refractivity contribution >= 4 is 0 Å². The largest absolute Gasteiger partial charge is 0.393 e. The summed E-state index contributed by atoms with van der Waals surface area (Å²) in [5.74, 6) is 0. The number of aliphatic hydroxyl groups excluding tert-OH is 1. The molecule has 0 radical (unpaired) electrons. The van der Waals surface area contributed by atoms with E-state index in [0.717, 1.165) is 6.42 Å². The molecule has 0 fully saturated rings. The summed E-state index contributed by atoms with van der Waals surface area (Å²) in [6, 6.07) is 0.527. The summed E-state index contributed by atoms with van der Waals surface area (Å²) < 4.78 is 0. The number of rotatable bonds is 9. The molecule has 0 rings (SSSR count). The third-order valence-corrected chi connectivity index (χ3v) is 2.99. The molecule has 0 saturated heterocycles. The molecule has 0 aliphatic rings. The quantitative estimate of drug-likeness (QED) is 0.612. The zero-order chi connectivity index (χ0) is 12.6. The highest BCUT2D eigenvalue weighted by Gasteiger charge is 2.13. The highest BCUT2D eigenvalue weighted by atomic mass is 16.3. The summed E-state index contributed by atoms with van der Waals surface area (Å²) in [6.45, 7) is 3.06. The zero-order valence-electron chi connectivity index (χ0n) is 11.7. The van der Waals surface area contributed by atoms with Gasteiger partial charge in [-0.3, -0.25) is 0 Å². The molecule has 0 aliphatic carbocycles. The van der Waals surface area contributed by atoms with Gasteiger partial charge in [0.05, 0.1) is 6.10 Å². The predicted octanol–water partition coefficient (Wildman–Crippen LogP) is 1.81. The van der Waals surface area contributed by atoms with Crippen LogP contribution >= 0.6 is 0 Å². The number of aliphatic hydroxyl groups is 1. The molecule has 0 amide bonds. The molecule has 0 aromatic heterocycles. The summed E-state index contributed by atoms with van der Waals surface area (Å²) >= 11 is 0. The Labute approximate surface area is 101 Å². The molecule has 0 saturated carbocycles. The Bertz CT molecular complexity index is 158. The van der Waals surface area contributed by atoms with Crippen molar-refractivity contribution in [3.8, 4) is 0 Å². The Hall–Kier alpha value is -0.120. The van der Waals surface area contributed by atoms with Gasteiger partial charge < -0.3 is 14.9 Å². The molecule has 0 aliphatic heterocycles. The van der Waals surface area contributed by atoms with Crippen molar-refractivity contribution in [2.75, 3.05) is 34.7 Å². The lowest BCUT2D eigenvalue weighted by atomic mass is 10.0. The number of hydrogen-bond acceptors (Lipinski definition) is 3. The molecule has 0 heterocycles. The van der Waals surface area contributed by atoms with Crippen LogP contribution in [0.2, 0.25) is 0 Å². The second-order valence-electron chi connectivity index (χ2n) is 5.35. The third-order valence-electron chi connectivity index (χ3n) is 2.99. The van der Waals surface area contributed by atoms with E-state index >= 15 is 0 Å². The van der Waals surface area contributed by atoms with Crippen molar-refractivity contribution < 1.29 is 5.11 Å². The van der Waals surface area contributed by atoms with E-state index in [4.69, 9.17) is 0 Å². The van der Waals surface area contributed by atoms with Gasteiger partial charge in [-0.15, -0.1) is 0 Å². The third kappa shape index (κ3) is 9.13. The summed E-state index contributed by atoms with van der Waals surface area (Å²) in [6.07, 6.45) is 5.74. The second-order valence-corrected chi connectivity index (χ2v) is 5.35. The van der Waals surface area contributed by atoms with Crippen molar-refractivity contribution in [1.29, 1.82) is 0 Å². The first-order chi connectivity index (χ1) is 7.43. The molecule has 0 aromatic carbocycles. The zero-order valence-corrected chi connectivity index (χ0v) is 11.7. The van der Waals surface area contributed by atoms with E-state index < -0.39 is 0 Å². The lowest BCUT2D eigenvalue weighted by molar-refractivity contribution is 0.132. The van der Waals surface area contributed by atoms with Crippen LogP contribution in [0.3, 0.4) is 0 Å². The highest BCUT2D eigenvalue weighted by Crippen LogP contribution is 2.13. The fourth-order valence-corrected chi connectivity index (χ4v) is 1.97. The molecule has 16 heavy (non-hydrogen) atoms. The van der Waals surface area contributed by atoms with E-state index in [2.05, 4.69) is 38.0 Å². The van der Waals surface area contributed by atoms with Crippen LogP contribution in [0.25, 0.3) is 0 Å². The molecular weight excluding hydrogens is 200 g/mol. The van der Waals surface area contributed by atoms with Gasteiger partial charge in [0.1, 0.15) is 0 Å². The SMILES string of the molecule is CC(O)CC(CCCCCN(C)C)N(C)C. The van der Waals surface area contributed by atoms with Crippen LogP contribution in [0.1, 0.15) is 39.0 Å². The molecular formula is C13H30N2O. The lowest BCUT2D eigenvalue weighted by Crippen LogP contribution is -2.31. The Kier molecular flexibility index (Phi) is 8.90. The van der Waals surface area contributed by atoms with Gasteiger partial charge in [0.15, 0.2) is 0 Å². The van der Waals surface area contributed by atoms with Crippen molar-refractivity contribution in [3.05, 3.63) is 0 Å². The van der Waals surface area contributed by atoms with Gasteiger partial charge in [-0.25, -0.2) is 0 Å². The van der Waals surface area contributed by atoms with Crippen LogP contribution in [0.15, 0.2) is 0 Å². The topological polar surface area (TPSA) is 26.7 Å². The number of unbranched alkanes of at least 4 members (excludes halogenated alkanes) is 2. The predicted molar refractivity (Wildman–Crippen MR) is 70.8 cm³/mol. The lowest BCUT2D eigenvalue weighted by Gasteiger charge is -2.25. The van der Waals surface area contributed by atoms with Crippen molar-refractivity contribution in [1.82, 2.24) is 9.80 Å². The molecule has 2 unspecified atom stereocenters. The number of hydrogen-bond donors (Lipinski definition) is 1. The van der Waals surface area contributed by atoms with Gasteiger partial charge in [0.2, 0.25) is 0 Å². The minimum absolute atomic E-state index is 0.186. The van der Waals surface area contributed by atoms with E-state index in [0.29, 0.717) is 6.04 Å². The molecule has 2 atom stereocenters. The van der Waals surface area contributed by atoms with Gasteiger partial charge in [0.25, 0.3) is 0 Å². The van der Waals surface area contributed by atoms with Gasteiger partial charge in [-0.1, -0.05) is 12.8 Å². The molecule has 0 bridgehead atoms. The fourth-order valence-electron chi connectivity index (χ4n) is 1.97. The van der Waals surface area contributed by atoms with Crippen molar-refractivity contribution in [2.45, 2.75) is 51.2 Å². The summed E-state index contributed by atoms with van der Waals surface area (Å²) in [5, 5.41) is 9.41. The molecule has 0 aromatic rings. The normalized spacial score (nSPS) is 15.8. The van der Waals surface area contributed by atoms with Crippen LogP contribution in [-0.4, -0.2) is 61.8 Å². The molecule has 1 N–H and O–H groups in total. The first kappa shape index (κ1) is 15.9. The Morgan fingerprint density at radius 3 is 2.06 bits per heavy atom. The fraction of sp³-hybridized carbons (Fsp3) is 1.00. The average molecular weight is 230 g/mol. The van der Waals surface area contributed by atoms with E-state index in [1.165, 1.54) is 32.2 Å². The standard InChI is InChI=1S/C13H30N2O/c1-12(16)11-13(15(4)5)9-7-6-8-10-14(2)3/h12-13,16H,6-11H2,1-5H3. The van der Waals surface area contributed by atoms with Crippen LogP contribution < -0.4 is 0 Å². The van der Waals surface area contributed by atoms with Crippen molar-refractivity contribution in [2.24, 2.45) is 0 Å². The van der Waals surface area contributed by atoms with Crippen LogP contribution in [0.5, 0.6) is 0 Å². The van der Waals surface area contributed by atoms with Crippen LogP contribution in [0.4, 0.5) is 0 Å². The van der Waals surface area contributed by atoms with Crippen LogP contribution in [0, 0.1) is 0 Å². The molecule has 0 spiro atoms. The van der Waals surface area contributed by atoms with Crippen molar-refractivity contribution in [3.63, 3.8) is 0 Å². The minimum atomic E-state index is -0.186. The average Bonchev–Trinajstić information content (AvgIpc) is 2.14. The molecule has 3 heteroatoms. The van der Waals surface area contributed by atoms with E-state index in [-0.39, 0.29) is 6.10 Å². The van der Waals surface area contributed by atoms with E-state index in [1.807, 2.05) is 6.92 Å². The molecule has 3 nitrogen and oxygen atoms in total. The Balaban J connectivity index is 3.60. The summed E-state index contributed by atoms with van der Waals surface area (Å²) in [5.41, 5.74) is 0. The van der Waals surface area contributed by atoms with E-state index in [1.54, 1.807) is 0 Å². The van der Waals surface area contributed by atoms with Gasteiger partial charge in [-0.05, 0) is 60.9 Å². The summed E-state index contributed by atoms with van der Waals surface area (Å²) in [4.78, 5) is 4.47. The van der Waals surface area contributed by atoms with Crippen LogP contribution in [-0.2, 0) is 0 Å². The van der Waals surface area contributed by atoms with E-state index in [9.17, 15) is 5.11 Å². The monoisotopic (exact) mass is 230 g/mol. The second kappa shape index (κ2) is 8.97. The smallest absolute Gasteiger partial charge is 0.0527 e. The first-order valence-corrected chi connectivity index (χ1v) is 6.42. The summed E-state index contributed by atoms with van der Waals surface area (Å²) in [7, 11) is 8.45. The maximum absolute atomic E-state index is 9.41. The Morgan fingerprint density at radius 2 is 1.62 bits per heavy atom. The first-order valence-electron chi connectivity index (χ1n) is 6.42. The number of nitrogens with zero attached hydrogens (tertiary/aromatic N) is 2. The Morgan fingerprint density at radius 1 is 1.00 bits per heavy atom.